The highest BCUT2D eigenvalue weighted by Gasteiger charge is 2.32. The van der Waals surface area contributed by atoms with Crippen LogP contribution in [0.3, 0.4) is 0 Å². The van der Waals surface area contributed by atoms with Crippen molar-refractivity contribution in [1.82, 2.24) is 0 Å². The fourth-order valence-corrected chi connectivity index (χ4v) is 4.57. The van der Waals surface area contributed by atoms with E-state index in [0.717, 1.165) is 12.0 Å². The number of rotatable bonds is 3. The average Bonchev–Trinajstić information content (AvgIpc) is 2.68. The van der Waals surface area contributed by atoms with Gasteiger partial charge in [-0.1, -0.05) is 31.2 Å². The Morgan fingerprint density at radius 2 is 2.12 bits per heavy atom. The van der Waals surface area contributed by atoms with Crippen LogP contribution in [0.4, 0.5) is 0 Å². The molecular formula is C13H19NO2S. The fraction of sp³-hybridized carbons (Fsp3) is 0.538. The quantitative estimate of drug-likeness (QED) is 0.891. The third kappa shape index (κ3) is 2.69. The topological polar surface area (TPSA) is 60.2 Å². The standard InChI is InChI=1S/C13H19NO2S/c1-10(12-6-7-17(15,16)9-12)13-5-3-2-4-11(13)8-14/h2-5,10,12H,6-9,14H2,1H3. The van der Waals surface area contributed by atoms with Gasteiger partial charge in [0.2, 0.25) is 0 Å². The van der Waals surface area contributed by atoms with Gasteiger partial charge in [0.05, 0.1) is 11.5 Å². The smallest absolute Gasteiger partial charge is 0.150 e. The lowest BCUT2D eigenvalue weighted by Crippen LogP contribution is -2.14. The highest BCUT2D eigenvalue weighted by molar-refractivity contribution is 7.91. The third-order valence-corrected chi connectivity index (χ3v) is 5.53. The Morgan fingerprint density at radius 1 is 1.41 bits per heavy atom. The van der Waals surface area contributed by atoms with Gasteiger partial charge in [-0.2, -0.15) is 0 Å². The minimum atomic E-state index is -2.80. The molecule has 17 heavy (non-hydrogen) atoms. The molecule has 0 spiro atoms. The fourth-order valence-electron chi connectivity index (χ4n) is 2.64. The highest BCUT2D eigenvalue weighted by atomic mass is 32.2. The molecule has 0 amide bonds. The molecule has 4 heteroatoms. The van der Waals surface area contributed by atoms with Gasteiger partial charge in [0.25, 0.3) is 0 Å². The monoisotopic (exact) mass is 253 g/mol. The van der Waals surface area contributed by atoms with Crippen LogP contribution in [0.15, 0.2) is 24.3 Å². The maximum atomic E-state index is 11.5. The van der Waals surface area contributed by atoms with E-state index in [4.69, 9.17) is 5.73 Å². The Hall–Kier alpha value is -0.870. The van der Waals surface area contributed by atoms with Crippen LogP contribution in [0.25, 0.3) is 0 Å². The molecular weight excluding hydrogens is 234 g/mol. The molecule has 1 fully saturated rings. The van der Waals surface area contributed by atoms with Gasteiger partial charge in [0.15, 0.2) is 9.84 Å². The van der Waals surface area contributed by atoms with Crippen molar-refractivity contribution in [3.63, 3.8) is 0 Å². The molecule has 0 radical (unpaired) electrons. The molecule has 1 aliphatic rings. The second kappa shape index (κ2) is 4.78. The van der Waals surface area contributed by atoms with Gasteiger partial charge in [-0.3, -0.25) is 0 Å². The third-order valence-electron chi connectivity index (χ3n) is 3.74. The van der Waals surface area contributed by atoms with Gasteiger partial charge in [-0.15, -0.1) is 0 Å². The van der Waals surface area contributed by atoms with Crippen LogP contribution in [-0.4, -0.2) is 19.9 Å². The van der Waals surface area contributed by atoms with Gasteiger partial charge < -0.3 is 5.73 Å². The Bertz CT molecular complexity index is 496. The molecule has 1 aliphatic heterocycles. The van der Waals surface area contributed by atoms with Crippen molar-refractivity contribution in [2.24, 2.45) is 11.7 Å². The van der Waals surface area contributed by atoms with Gasteiger partial charge >= 0.3 is 0 Å². The summed E-state index contributed by atoms with van der Waals surface area (Å²) in [6.07, 6.45) is 0.780. The van der Waals surface area contributed by atoms with Crippen molar-refractivity contribution in [2.45, 2.75) is 25.8 Å². The zero-order valence-corrected chi connectivity index (χ0v) is 10.9. The van der Waals surface area contributed by atoms with E-state index in [0.29, 0.717) is 18.1 Å². The summed E-state index contributed by atoms with van der Waals surface area (Å²) >= 11 is 0. The van der Waals surface area contributed by atoms with Crippen molar-refractivity contribution >= 4 is 9.84 Å². The van der Waals surface area contributed by atoms with E-state index < -0.39 is 9.84 Å². The van der Waals surface area contributed by atoms with E-state index in [1.165, 1.54) is 5.56 Å². The molecule has 2 unspecified atom stereocenters. The van der Waals surface area contributed by atoms with Crippen LogP contribution in [-0.2, 0) is 16.4 Å². The van der Waals surface area contributed by atoms with E-state index in [1.807, 2.05) is 18.2 Å². The SMILES string of the molecule is CC(c1ccccc1CN)C1CCS(=O)(=O)C1. The summed E-state index contributed by atoms with van der Waals surface area (Å²) in [5.41, 5.74) is 8.06. The van der Waals surface area contributed by atoms with Crippen molar-refractivity contribution in [2.75, 3.05) is 11.5 Å². The summed E-state index contributed by atoms with van der Waals surface area (Å²) in [6.45, 7) is 2.62. The summed E-state index contributed by atoms with van der Waals surface area (Å²) in [6, 6.07) is 8.06. The van der Waals surface area contributed by atoms with Crippen LogP contribution in [0, 0.1) is 5.92 Å². The minimum absolute atomic E-state index is 0.243. The lowest BCUT2D eigenvalue weighted by Gasteiger charge is -2.20. The van der Waals surface area contributed by atoms with Gasteiger partial charge in [0.1, 0.15) is 0 Å². The lowest BCUT2D eigenvalue weighted by atomic mass is 9.85. The largest absolute Gasteiger partial charge is 0.326 e. The summed E-state index contributed by atoms with van der Waals surface area (Å²) in [5, 5.41) is 0. The molecule has 0 aromatic heterocycles. The van der Waals surface area contributed by atoms with Crippen LogP contribution in [0.1, 0.15) is 30.4 Å². The number of benzene rings is 1. The van der Waals surface area contributed by atoms with E-state index in [-0.39, 0.29) is 11.8 Å². The van der Waals surface area contributed by atoms with Crippen molar-refractivity contribution < 1.29 is 8.42 Å². The average molecular weight is 253 g/mol. The Balaban J connectivity index is 2.23. The summed E-state index contributed by atoms with van der Waals surface area (Å²) in [7, 11) is -2.80. The first-order chi connectivity index (χ1) is 8.03. The molecule has 0 saturated carbocycles. The Morgan fingerprint density at radius 3 is 2.71 bits per heavy atom. The van der Waals surface area contributed by atoms with Gasteiger partial charge in [-0.25, -0.2) is 8.42 Å². The molecule has 1 saturated heterocycles. The maximum Gasteiger partial charge on any atom is 0.150 e. The van der Waals surface area contributed by atoms with E-state index in [9.17, 15) is 8.42 Å². The first-order valence-corrected chi connectivity index (χ1v) is 7.84. The molecule has 1 heterocycles. The second-order valence-electron chi connectivity index (χ2n) is 4.85. The van der Waals surface area contributed by atoms with Crippen molar-refractivity contribution in [3.05, 3.63) is 35.4 Å². The first-order valence-electron chi connectivity index (χ1n) is 6.02. The molecule has 1 aromatic carbocycles. The van der Waals surface area contributed by atoms with Crippen LogP contribution < -0.4 is 5.73 Å². The number of hydrogen-bond acceptors (Lipinski definition) is 3. The molecule has 94 valence electrons. The maximum absolute atomic E-state index is 11.5. The molecule has 1 aromatic rings. The summed E-state index contributed by atoms with van der Waals surface area (Å²) in [4.78, 5) is 0. The van der Waals surface area contributed by atoms with E-state index >= 15 is 0 Å². The lowest BCUT2D eigenvalue weighted by molar-refractivity contribution is 0.495. The van der Waals surface area contributed by atoms with Crippen LogP contribution in [0.5, 0.6) is 0 Å². The number of hydrogen-bond donors (Lipinski definition) is 1. The van der Waals surface area contributed by atoms with Gasteiger partial charge in [0, 0.05) is 6.54 Å². The Labute approximate surface area is 103 Å². The predicted molar refractivity (Wildman–Crippen MR) is 69.5 cm³/mol. The normalized spacial score (nSPS) is 24.7. The number of nitrogens with two attached hydrogens (primary N) is 1. The summed E-state index contributed by atoms with van der Waals surface area (Å²) < 4.78 is 23.0. The van der Waals surface area contributed by atoms with Gasteiger partial charge in [-0.05, 0) is 29.4 Å². The van der Waals surface area contributed by atoms with Crippen LogP contribution in [0.2, 0.25) is 0 Å². The molecule has 0 aliphatic carbocycles. The Kier molecular flexibility index (Phi) is 3.54. The molecule has 3 nitrogen and oxygen atoms in total. The molecule has 2 atom stereocenters. The highest BCUT2D eigenvalue weighted by Crippen LogP contribution is 2.34. The van der Waals surface area contributed by atoms with E-state index in [2.05, 4.69) is 13.0 Å². The zero-order valence-electron chi connectivity index (χ0n) is 10.1. The summed E-state index contributed by atoms with van der Waals surface area (Å²) in [5.74, 6) is 1.18. The minimum Gasteiger partial charge on any atom is -0.326 e. The van der Waals surface area contributed by atoms with Crippen LogP contribution >= 0.6 is 0 Å². The van der Waals surface area contributed by atoms with Crippen molar-refractivity contribution in [1.29, 1.82) is 0 Å². The first kappa shape index (κ1) is 12.6. The molecule has 2 N–H and O–H groups in total. The number of sulfone groups is 1. The van der Waals surface area contributed by atoms with Crippen molar-refractivity contribution in [3.8, 4) is 0 Å². The van der Waals surface area contributed by atoms with E-state index in [1.54, 1.807) is 0 Å². The molecule has 2 rings (SSSR count). The second-order valence-corrected chi connectivity index (χ2v) is 7.08. The predicted octanol–water partition coefficient (Wildman–Crippen LogP) is 1.68. The molecule has 0 bridgehead atoms. The zero-order chi connectivity index (χ0) is 12.5.